The molecular formula is C17H26ClN3O5S. The summed E-state index contributed by atoms with van der Waals surface area (Å²) in [5, 5.41) is 3.01. The number of carbonyl (C=O) groups excluding carboxylic acids is 1. The average molecular weight is 420 g/mol. The zero-order valence-electron chi connectivity index (χ0n) is 15.5. The van der Waals surface area contributed by atoms with Gasteiger partial charge in [-0.3, -0.25) is 9.69 Å². The number of amides is 1. The topological polar surface area (TPSA) is 97.0 Å². The second kappa shape index (κ2) is 10.2. The molecule has 0 aromatic heterocycles. The highest BCUT2D eigenvalue weighted by Crippen LogP contribution is 2.27. The van der Waals surface area contributed by atoms with Crippen molar-refractivity contribution in [1.29, 1.82) is 0 Å². The highest BCUT2D eigenvalue weighted by molar-refractivity contribution is 7.89. The molecule has 1 saturated heterocycles. The molecule has 27 heavy (non-hydrogen) atoms. The first-order valence-corrected chi connectivity index (χ1v) is 10.7. The van der Waals surface area contributed by atoms with Gasteiger partial charge in [0.15, 0.2) is 0 Å². The van der Waals surface area contributed by atoms with Crippen LogP contribution < -0.4 is 14.8 Å². The fourth-order valence-corrected chi connectivity index (χ4v) is 4.24. The molecule has 1 aromatic carbocycles. The van der Waals surface area contributed by atoms with Crippen molar-refractivity contribution >= 4 is 27.5 Å². The molecule has 1 fully saturated rings. The summed E-state index contributed by atoms with van der Waals surface area (Å²) in [4.78, 5) is 14.3. The number of benzene rings is 1. The molecule has 8 nitrogen and oxygen atoms in total. The lowest BCUT2D eigenvalue weighted by atomic mass is 10.3. The Labute approximate surface area is 165 Å². The molecule has 152 valence electrons. The van der Waals surface area contributed by atoms with Crippen LogP contribution in [0.3, 0.4) is 0 Å². The zero-order valence-corrected chi connectivity index (χ0v) is 17.1. The van der Waals surface area contributed by atoms with Crippen LogP contribution in [0.5, 0.6) is 5.75 Å². The van der Waals surface area contributed by atoms with Crippen molar-refractivity contribution in [3.05, 3.63) is 23.2 Å². The van der Waals surface area contributed by atoms with E-state index in [0.29, 0.717) is 32.9 Å². The van der Waals surface area contributed by atoms with E-state index >= 15 is 0 Å². The van der Waals surface area contributed by atoms with Gasteiger partial charge in [0.05, 0.1) is 25.9 Å². The van der Waals surface area contributed by atoms with Crippen LogP contribution in [0.15, 0.2) is 23.1 Å². The number of hydrogen-bond donors (Lipinski definition) is 2. The lowest BCUT2D eigenvalue weighted by Gasteiger charge is -2.26. The monoisotopic (exact) mass is 419 g/mol. The van der Waals surface area contributed by atoms with Crippen LogP contribution in [0, 0.1) is 0 Å². The summed E-state index contributed by atoms with van der Waals surface area (Å²) in [5.74, 6) is -0.207. The Kier molecular flexibility index (Phi) is 8.30. The number of nitrogens with one attached hydrogen (secondary N) is 2. The third-order valence-corrected chi connectivity index (χ3v) is 5.85. The summed E-state index contributed by atoms with van der Waals surface area (Å²) in [5.41, 5.74) is 0. The fourth-order valence-electron chi connectivity index (χ4n) is 2.63. The fraction of sp³-hybridized carbons (Fsp3) is 0.588. The van der Waals surface area contributed by atoms with Gasteiger partial charge in [-0.25, -0.2) is 8.42 Å². The van der Waals surface area contributed by atoms with Crippen LogP contribution in [-0.2, 0) is 19.6 Å². The van der Waals surface area contributed by atoms with Crippen LogP contribution in [0.25, 0.3) is 0 Å². The summed E-state index contributed by atoms with van der Waals surface area (Å²) >= 11 is 5.92. The van der Waals surface area contributed by atoms with Crippen molar-refractivity contribution in [3.8, 4) is 5.75 Å². The normalized spacial score (nSPS) is 16.7. The Bertz CT molecular complexity index is 738. The van der Waals surface area contributed by atoms with Crippen LogP contribution in [0.4, 0.5) is 0 Å². The van der Waals surface area contributed by atoms with E-state index in [4.69, 9.17) is 21.1 Å². The molecule has 0 spiro atoms. The minimum atomic E-state index is -3.97. The first-order valence-electron chi connectivity index (χ1n) is 8.86. The summed E-state index contributed by atoms with van der Waals surface area (Å²) in [6, 6.07) is 3.41. The minimum absolute atomic E-state index is 0.0928. The Balaban J connectivity index is 1.93. The van der Waals surface area contributed by atoms with Gasteiger partial charge in [0.2, 0.25) is 15.9 Å². The van der Waals surface area contributed by atoms with E-state index in [9.17, 15) is 13.2 Å². The third kappa shape index (κ3) is 6.62. The Hall–Kier alpha value is -1.39. The van der Waals surface area contributed by atoms with Gasteiger partial charge in [0.25, 0.3) is 0 Å². The number of nitrogens with zero attached hydrogens (tertiary/aromatic N) is 1. The molecular weight excluding hydrogens is 394 g/mol. The standard InChI is InChI=1S/C17H26ClN3O5S/c1-3-26-15-5-4-14(18)12-16(15)27(23,24)20-13(2)17(22)19-6-7-21-8-10-25-11-9-21/h4-5,12-13,20H,3,6-11H2,1-2H3,(H,19,22). The smallest absolute Gasteiger partial charge is 0.245 e. The number of morpholine rings is 1. The lowest BCUT2D eigenvalue weighted by Crippen LogP contribution is -2.47. The van der Waals surface area contributed by atoms with Crippen molar-refractivity contribution in [1.82, 2.24) is 14.9 Å². The van der Waals surface area contributed by atoms with E-state index in [2.05, 4.69) is 14.9 Å². The van der Waals surface area contributed by atoms with E-state index in [1.807, 2.05) is 0 Å². The molecule has 1 aromatic rings. The molecule has 0 radical (unpaired) electrons. The summed E-state index contributed by atoms with van der Waals surface area (Å²) in [6.07, 6.45) is 0. The molecule has 0 saturated carbocycles. The molecule has 1 amide bonds. The summed E-state index contributed by atoms with van der Waals surface area (Å²) < 4.78 is 38.3. The van der Waals surface area contributed by atoms with Crippen LogP contribution in [0.1, 0.15) is 13.8 Å². The van der Waals surface area contributed by atoms with Gasteiger partial charge < -0.3 is 14.8 Å². The molecule has 0 bridgehead atoms. The zero-order chi connectivity index (χ0) is 19.9. The number of hydrogen-bond acceptors (Lipinski definition) is 6. The Morgan fingerprint density at radius 1 is 1.37 bits per heavy atom. The molecule has 1 heterocycles. The summed E-state index contributed by atoms with van der Waals surface area (Å²) in [7, 11) is -3.97. The largest absolute Gasteiger partial charge is 0.492 e. The van der Waals surface area contributed by atoms with Crippen molar-refractivity contribution < 1.29 is 22.7 Å². The summed E-state index contributed by atoms with van der Waals surface area (Å²) in [6.45, 7) is 7.71. The number of ether oxygens (including phenoxy) is 2. The average Bonchev–Trinajstić information content (AvgIpc) is 2.63. The molecule has 2 rings (SSSR count). The second-order valence-electron chi connectivity index (χ2n) is 6.11. The van der Waals surface area contributed by atoms with Gasteiger partial charge in [-0.1, -0.05) is 11.6 Å². The number of carbonyl (C=O) groups is 1. The third-order valence-electron chi connectivity index (χ3n) is 4.05. The maximum absolute atomic E-state index is 12.7. The minimum Gasteiger partial charge on any atom is -0.492 e. The quantitative estimate of drug-likeness (QED) is 0.616. The van der Waals surface area contributed by atoms with Crippen molar-refractivity contribution in [3.63, 3.8) is 0 Å². The maximum Gasteiger partial charge on any atom is 0.245 e. The van der Waals surface area contributed by atoms with Crippen molar-refractivity contribution in [2.24, 2.45) is 0 Å². The van der Waals surface area contributed by atoms with Crippen molar-refractivity contribution in [2.75, 3.05) is 46.0 Å². The van der Waals surface area contributed by atoms with Crippen LogP contribution in [0.2, 0.25) is 5.02 Å². The first kappa shape index (κ1) is 21.9. The lowest BCUT2D eigenvalue weighted by molar-refractivity contribution is -0.122. The Morgan fingerprint density at radius 3 is 2.74 bits per heavy atom. The first-order chi connectivity index (χ1) is 12.8. The van der Waals surface area contributed by atoms with Gasteiger partial charge in [0, 0.05) is 31.2 Å². The molecule has 0 aliphatic carbocycles. The highest BCUT2D eigenvalue weighted by atomic mass is 35.5. The van der Waals surface area contributed by atoms with E-state index in [1.165, 1.54) is 19.1 Å². The number of halogens is 1. The number of sulfonamides is 1. The van der Waals surface area contributed by atoms with E-state index < -0.39 is 22.0 Å². The molecule has 1 aliphatic heterocycles. The number of rotatable bonds is 9. The molecule has 1 aliphatic rings. The molecule has 1 unspecified atom stereocenters. The van der Waals surface area contributed by atoms with Crippen LogP contribution >= 0.6 is 11.6 Å². The molecule has 10 heteroatoms. The van der Waals surface area contributed by atoms with E-state index in [-0.39, 0.29) is 15.7 Å². The van der Waals surface area contributed by atoms with Gasteiger partial charge >= 0.3 is 0 Å². The maximum atomic E-state index is 12.7. The van der Waals surface area contributed by atoms with Crippen LogP contribution in [-0.4, -0.2) is 71.3 Å². The van der Waals surface area contributed by atoms with Gasteiger partial charge in [-0.15, -0.1) is 0 Å². The second-order valence-corrected chi connectivity index (χ2v) is 8.23. The SMILES string of the molecule is CCOc1ccc(Cl)cc1S(=O)(=O)NC(C)C(=O)NCCN1CCOCC1. The van der Waals surface area contributed by atoms with Gasteiger partial charge in [0.1, 0.15) is 10.6 Å². The van der Waals surface area contributed by atoms with E-state index in [1.54, 1.807) is 13.0 Å². The predicted octanol–water partition coefficient (Wildman–Crippen LogP) is 0.854. The Morgan fingerprint density at radius 2 is 2.07 bits per heavy atom. The molecule has 2 N–H and O–H groups in total. The molecule has 1 atom stereocenters. The van der Waals surface area contributed by atoms with Gasteiger partial charge in [-0.2, -0.15) is 4.72 Å². The predicted molar refractivity (Wildman–Crippen MR) is 103 cm³/mol. The van der Waals surface area contributed by atoms with Crippen molar-refractivity contribution in [2.45, 2.75) is 24.8 Å². The van der Waals surface area contributed by atoms with E-state index in [0.717, 1.165) is 13.1 Å². The highest BCUT2D eigenvalue weighted by Gasteiger charge is 2.25. The van der Waals surface area contributed by atoms with Gasteiger partial charge in [-0.05, 0) is 32.0 Å².